The molecule has 0 fully saturated rings. The Morgan fingerprint density at radius 3 is 2.67 bits per heavy atom. The number of amides is 1. The Kier molecular flexibility index (Phi) is 7.53. The van der Waals surface area contributed by atoms with Gasteiger partial charge in [0.15, 0.2) is 5.16 Å². The maximum absolute atomic E-state index is 12.9. The van der Waals surface area contributed by atoms with Crippen LogP contribution in [0.1, 0.15) is 25.3 Å². The van der Waals surface area contributed by atoms with Crippen molar-refractivity contribution in [2.45, 2.75) is 37.6 Å². The number of hydrogen-bond acceptors (Lipinski definition) is 5. The van der Waals surface area contributed by atoms with Crippen LogP contribution >= 0.6 is 23.4 Å². The molecule has 0 saturated heterocycles. The molecule has 2 atom stereocenters. The van der Waals surface area contributed by atoms with Crippen LogP contribution in [0.2, 0.25) is 5.02 Å². The van der Waals surface area contributed by atoms with Crippen LogP contribution in [-0.4, -0.2) is 39.0 Å². The van der Waals surface area contributed by atoms with Crippen molar-refractivity contribution in [2.24, 2.45) is 0 Å². The van der Waals surface area contributed by atoms with Crippen molar-refractivity contribution in [3.05, 3.63) is 69.5 Å². The average Bonchev–Trinajstić information content (AvgIpc) is 2.73. The minimum Gasteiger partial charge on any atom is -0.392 e. The molecule has 30 heavy (non-hydrogen) atoms. The zero-order valence-electron chi connectivity index (χ0n) is 16.8. The SMILES string of the molecule is C[C@@H](O)Cn1c(SCC(=O)NC[C@H](C)c2ccccc2)nc2cc(Cl)ccc2c1=O. The Morgan fingerprint density at radius 2 is 1.97 bits per heavy atom. The highest BCUT2D eigenvalue weighted by Gasteiger charge is 2.15. The number of aromatic nitrogens is 2. The normalized spacial score (nSPS) is 13.2. The molecular weight excluding hydrogens is 422 g/mol. The second-order valence-corrected chi connectivity index (χ2v) is 8.60. The first kappa shape index (κ1) is 22.3. The second-order valence-electron chi connectivity index (χ2n) is 7.23. The number of hydrogen-bond donors (Lipinski definition) is 2. The number of rotatable bonds is 8. The van der Waals surface area contributed by atoms with Crippen LogP contribution < -0.4 is 10.9 Å². The standard InChI is InChI=1S/C22H24ClN3O3S/c1-14(16-6-4-3-5-7-16)11-24-20(28)13-30-22-25-19-10-17(23)8-9-18(19)21(29)26(22)12-15(2)27/h3-10,14-15,27H,11-13H2,1-2H3,(H,24,28)/t14-,15+/m0/s1. The molecular formula is C22H24ClN3O3S. The number of thioether (sulfide) groups is 1. The van der Waals surface area contributed by atoms with E-state index in [9.17, 15) is 14.7 Å². The van der Waals surface area contributed by atoms with Crippen LogP contribution in [0.5, 0.6) is 0 Å². The minimum atomic E-state index is -0.728. The molecule has 8 heteroatoms. The number of halogens is 1. The molecule has 3 aromatic rings. The van der Waals surface area contributed by atoms with Crippen LogP contribution in [0, 0.1) is 0 Å². The fourth-order valence-electron chi connectivity index (χ4n) is 3.06. The zero-order valence-corrected chi connectivity index (χ0v) is 18.4. The number of aliphatic hydroxyl groups is 1. The third kappa shape index (κ3) is 5.62. The molecule has 1 amide bonds. The van der Waals surface area contributed by atoms with Gasteiger partial charge < -0.3 is 10.4 Å². The quantitative estimate of drug-likeness (QED) is 0.410. The lowest BCUT2D eigenvalue weighted by Crippen LogP contribution is -2.30. The summed E-state index contributed by atoms with van der Waals surface area (Å²) in [6.07, 6.45) is -0.728. The summed E-state index contributed by atoms with van der Waals surface area (Å²) in [6, 6.07) is 14.9. The monoisotopic (exact) mass is 445 g/mol. The van der Waals surface area contributed by atoms with Crippen LogP contribution in [0.4, 0.5) is 0 Å². The molecule has 0 aliphatic heterocycles. The van der Waals surface area contributed by atoms with Crippen molar-refractivity contribution in [3.63, 3.8) is 0 Å². The first-order valence-corrected chi connectivity index (χ1v) is 11.0. The molecule has 0 saturated carbocycles. The van der Waals surface area contributed by atoms with E-state index in [0.29, 0.717) is 27.6 Å². The Labute approximate surface area is 184 Å². The topological polar surface area (TPSA) is 84.2 Å². The van der Waals surface area contributed by atoms with Gasteiger partial charge in [-0.15, -0.1) is 0 Å². The fourth-order valence-corrected chi connectivity index (χ4v) is 4.06. The van der Waals surface area contributed by atoms with E-state index in [-0.39, 0.29) is 29.7 Å². The maximum Gasteiger partial charge on any atom is 0.262 e. The number of carbonyl (C=O) groups excluding carboxylic acids is 1. The third-order valence-electron chi connectivity index (χ3n) is 4.64. The summed E-state index contributed by atoms with van der Waals surface area (Å²) in [4.78, 5) is 29.8. The highest BCUT2D eigenvalue weighted by atomic mass is 35.5. The largest absolute Gasteiger partial charge is 0.392 e. The van der Waals surface area contributed by atoms with Crippen LogP contribution in [0.3, 0.4) is 0 Å². The van der Waals surface area contributed by atoms with Gasteiger partial charge in [-0.2, -0.15) is 0 Å². The highest BCUT2D eigenvalue weighted by Crippen LogP contribution is 2.21. The lowest BCUT2D eigenvalue weighted by Gasteiger charge is -2.15. The summed E-state index contributed by atoms with van der Waals surface area (Å²) < 4.78 is 1.41. The molecule has 2 aromatic carbocycles. The number of aliphatic hydroxyl groups excluding tert-OH is 1. The highest BCUT2D eigenvalue weighted by molar-refractivity contribution is 7.99. The molecule has 0 radical (unpaired) electrons. The predicted molar refractivity (Wildman–Crippen MR) is 121 cm³/mol. The van der Waals surface area contributed by atoms with Gasteiger partial charge in [-0.25, -0.2) is 4.98 Å². The first-order chi connectivity index (χ1) is 14.3. The minimum absolute atomic E-state index is 0.0966. The van der Waals surface area contributed by atoms with Crippen molar-refractivity contribution in [1.29, 1.82) is 0 Å². The smallest absolute Gasteiger partial charge is 0.262 e. The first-order valence-electron chi connectivity index (χ1n) is 9.67. The summed E-state index contributed by atoms with van der Waals surface area (Å²) in [6.45, 7) is 4.27. The Hall–Kier alpha value is -2.35. The van der Waals surface area contributed by atoms with E-state index >= 15 is 0 Å². The summed E-state index contributed by atoms with van der Waals surface area (Å²) in [7, 11) is 0. The van der Waals surface area contributed by atoms with Crippen molar-refractivity contribution in [2.75, 3.05) is 12.3 Å². The predicted octanol–water partition coefficient (Wildman–Crippen LogP) is 3.44. The van der Waals surface area contributed by atoms with Crippen LogP contribution in [0.25, 0.3) is 10.9 Å². The molecule has 0 spiro atoms. The van der Waals surface area contributed by atoms with Crippen molar-refractivity contribution >= 4 is 40.2 Å². The van der Waals surface area contributed by atoms with Gasteiger partial charge in [-0.3, -0.25) is 14.2 Å². The third-order valence-corrected chi connectivity index (χ3v) is 5.85. The molecule has 1 heterocycles. The molecule has 3 rings (SSSR count). The zero-order chi connectivity index (χ0) is 21.7. The molecule has 0 aliphatic carbocycles. The summed E-state index contributed by atoms with van der Waals surface area (Å²) in [5, 5.41) is 14.0. The van der Waals surface area contributed by atoms with Gasteiger partial charge in [0, 0.05) is 11.6 Å². The van der Waals surface area contributed by atoms with Crippen LogP contribution in [-0.2, 0) is 11.3 Å². The van der Waals surface area contributed by atoms with Gasteiger partial charge in [0.05, 0.1) is 29.3 Å². The van der Waals surface area contributed by atoms with Gasteiger partial charge in [-0.1, -0.05) is 60.6 Å². The molecule has 158 valence electrons. The molecule has 0 bridgehead atoms. The second kappa shape index (κ2) is 10.1. The number of nitrogens with one attached hydrogen (secondary N) is 1. The van der Waals surface area contributed by atoms with Gasteiger partial charge in [0.2, 0.25) is 5.91 Å². The summed E-state index contributed by atoms with van der Waals surface area (Å²) in [5.41, 5.74) is 1.36. The molecule has 6 nitrogen and oxygen atoms in total. The fraction of sp³-hybridized carbons (Fsp3) is 0.318. The number of nitrogens with zero attached hydrogens (tertiary/aromatic N) is 2. The van der Waals surface area contributed by atoms with E-state index in [0.717, 1.165) is 5.56 Å². The van der Waals surface area contributed by atoms with E-state index < -0.39 is 6.10 Å². The van der Waals surface area contributed by atoms with Gasteiger partial charge in [-0.05, 0) is 36.6 Å². The Bertz CT molecular complexity index is 1090. The Balaban J connectivity index is 1.72. The van der Waals surface area contributed by atoms with Gasteiger partial charge >= 0.3 is 0 Å². The maximum atomic E-state index is 12.9. The van der Waals surface area contributed by atoms with E-state index in [1.807, 2.05) is 30.3 Å². The summed E-state index contributed by atoms with van der Waals surface area (Å²) in [5.74, 6) is 0.154. The Morgan fingerprint density at radius 1 is 1.23 bits per heavy atom. The van der Waals surface area contributed by atoms with Gasteiger partial charge in [0.25, 0.3) is 5.56 Å². The molecule has 0 unspecified atom stereocenters. The van der Waals surface area contributed by atoms with Crippen molar-refractivity contribution in [3.8, 4) is 0 Å². The molecule has 0 aliphatic rings. The average molecular weight is 446 g/mol. The molecule has 2 N–H and O–H groups in total. The van der Waals surface area contributed by atoms with E-state index in [2.05, 4.69) is 17.2 Å². The van der Waals surface area contributed by atoms with Crippen molar-refractivity contribution in [1.82, 2.24) is 14.9 Å². The summed E-state index contributed by atoms with van der Waals surface area (Å²) >= 11 is 7.20. The number of benzene rings is 2. The number of fused-ring (bicyclic) bond motifs is 1. The van der Waals surface area contributed by atoms with Gasteiger partial charge in [0.1, 0.15) is 0 Å². The van der Waals surface area contributed by atoms with Crippen molar-refractivity contribution < 1.29 is 9.90 Å². The number of carbonyl (C=O) groups is 1. The van der Waals surface area contributed by atoms with E-state index in [4.69, 9.17) is 11.6 Å². The van der Waals surface area contributed by atoms with E-state index in [1.54, 1.807) is 25.1 Å². The molecule has 1 aromatic heterocycles. The lowest BCUT2D eigenvalue weighted by atomic mass is 10.0. The van der Waals surface area contributed by atoms with E-state index in [1.165, 1.54) is 16.3 Å². The van der Waals surface area contributed by atoms with Crippen LogP contribution in [0.15, 0.2) is 58.5 Å². The lowest BCUT2D eigenvalue weighted by molar-refractivity contribution is -0.118.